The van der Waals surface area contributed by atoms with Crippen molar-refractivity contribution in [2.75, 3.05) is 31.1 Å². The Hall–Kier alpha value is -2.73. The zero-order chi connectivity index (χ0) is 18.6. The summed E-state index contributed by atoms with van der Waals surface area (Å²) in [6.07, 6.45) is 4.07. The maximum Gasteiger partial charge on any atom is 0.227 e. The van der Waals surface area contributed by atoms with E-state index in [4.69, 9.17) is 0 Å². The minimum atomic E-state index is 0.196. The highest BCUT2D eigenvalue weighted by Gasteiger charge is 2.21. The Morgan fingerprint density at radius 1 is 1.04 bits per heavy atom. The molecule has 1 saturated heterocycles. The smallest absolute Gasteiger partial charge is 0.227 e. The summed E-state index contributed by atoms with van der Waals surface area (Å²) in [6, 6.07) is 12.2. The Morgan fingerprint density at radius 2 is 1.74 bits per heavy atom. The van der Waals surface area contributed by atoms with E-state index < -0.39 is 0 Å². The molecule has 1 aliphatic heterocycles. The fraction of sp³-hybridized carbons (Fsp3) is 0.286. The minimum Gasteiger partial charge on any atom is -0.368 e. The predicted octanol–water partition coefficient (Wildman–Crippen LogP) is 3.40. The molecule has 2 aromatic heterocycles. The number of amides is 1. The molecule has 1 amide bonds. The van der Waals surface area contributed by atoms with E-state index >= 15 is 0 Å². The summed E-state index contributed by atoms with van der Waals surface area (Å²) < 4.78 is 0. The van der Waals surface area contributed by atoms with E-state index in [1.54, 1.807) is 11.3 Å². The van der Waals surface area contributed by atoms with E-state index in [0.29, 0.717) is 6.42 Å². The number of nitrogens with zero attached hydrogens (tertiary/aromatic N) is 4. The van der Waals surface area contributed by atoms with Crippen LogP contribution in [0.3, 0.4) is 0 Å². The third-order valence-electron chi connectivity index (χ3n) is 4.88. The van der Waals surface area contributed by atoms with Gasteiger partial charge in [-0.1, -0.05) is 24.3 Å². The van der Waals surface area contributed by atoms with Crippen molar-refractivity contribution in [3.8, 4) is 11.3 Å². The van der Waals surface area contributed by atoms with Crippen LogP contribution in [0.15, 0.2) is 54.2 Å². The van der Waals surface area contributed by atoms with Crippen molar-refractivity contribution in [1.82, 2.24) is 14.9 Å². The van der Waals surface area contributed by atoms with Crippen LogP contribution in [0.1, 0.15) is 10.6 Å². The molecule has 138 valence electrons. The molecule has 0 N–H and O–H groups in total. The average Bonchev–Trinajstić information content (AvgIpc) is 3.16. The highest BCUT2D eigenvalue weighted by atomic mass is 32.1. The van der Waals surface area contributed by atoms with Gasteiger partial charge in [0.2, 0.25) is 5.91 Å². The van der Waals surface area contributed by atoms with Gasteiger partial charge >= 0.3 is 0 Å². The van der Waals surface area contributed by atoms with Crippen LogP contribution in [0, 0.1) is 6.92 Å². The van der Waals surface area contributed by atoms with Gasteiger partial charge in [0, 0.05) is 55.2 Å². The molecule has 1 aromatic carbocycles. The average molecular weight is 379 g/mol. The molecule has 1 aliphatic rings. The van der Waals surface area contributed by atoms with E-state index in [1.165, 1.54) is 5.69 Å². The van der Waals surface area contributed by atoms with Crippen LogP contribution < -0.4 is 4.90 Å². The molecule has 27 heavy (non-hydrogen) atoms. The maximum atomic E-state index is 12.7. The topological polar surface area (TPSA) is 49.3 Å². The first-order chi connectivity index (χ1) is 13.2. The molecule has 0 bridgehead atoms. The van der Waals surface area contributed by atoms with Crippen molar-refractivity contribution in [1.29, 1.82) is 0 Å². The maximum absolute atomic E-state index is 12.7. The largest absolute Gasteiger partial charge is 0.368 e. The predicted molar refractivity (Wildman–Crippen MR) is 109 cm³/mol. The van der Waals surface area contributed by atoms with Crippen molar-refractivity contribution < 1.29 is 4.79 Å². The fourth-order valence-corrected chi connectivity index (χ4v) is 3.97. The summed E-state index contributed by atoms with van der Waals surface area (Å²) in [4.78, 5) is 25.5. The number of benzene rings is 1. The summed E-state index contributed by atoms with van der Waals surface area (Å²) in [5, 5.41) is 3.13. The lowest BCUT2D eigenvalue weighted by atomic mass is 10.1. The van der Waals surface area contributed by atoms with Gasteiger partial charge in [0.1, 0.15) is 0 Å². The summed E-state index contributed by atoms with van der Waals surface area (Å²) in [6.45, 7) is 5.25. The number of aryl methyl sites for hydroxylation is 1. The van der Waals surface area contributed by atoms with E-state index in [1.807, 2.05) is 48.5 Å². The van der Waals surface area contributed by atoms with E-state index in [0.717, 1.165) is 48.0 Å². The van der Waals surface area contributed by atoms with Gasteiger partial charge in [-0.3, -0.25) is 9.78 Å². The monoisotopic (exact) mass is 378 g/mol. The first-order valence-corrected chi connectivity index (χ1v) is 10.0. The molecular formula is C21H22N4OS. The zero-order valence-corrected chi connectivity index (χ0v) is 16.2. The molecular weight excluding hydrogens is 356 g/mol. The molecule has 0 saturated carbocycles. The van der Waals surface area contributed by atoms with Crippen LogP contribution in [0.5, 0.6) is 0 Å². The Balaban J connectivity index is 1.33. The number of carbonyl (C=O) groups excluding carboxylic acids is 1. The summed E-state index contributed by atoms with van der Waals surface area (Å²) in [5.41, 5.74) is 4.32. The summed E-state index contributed by atoms with van der Waals surface area (Å²) in [5.74, 6) is 0.196. The number of aromatic nitrogens is 2. The van der Waals surface area contributed by atoms with Gasteiger partial charge in [-0.15, -0.1) is 11.3 Å². The Labute approximate surface area is 163 Å². The number of rotatable bonds is 4. The van der Waals surface area contributed by atoms with E-state index in [-0.39, 0.29) is 5.91 Å². The summed E-state index contributed by atoms with van der Waals surface area (Å²) in [7, 11) is 0. The highest BCUT2D eigenvalue weighted by molar-refractivity contribution is 7.09. The van der Waals surface area contributed by atoms with E-state index in [9.17, 15) is 4.79 Å². The molecule has 1 fully saturated rings. The third-order valence-corrected chi connectivity index (χ3v) is 5.66. The second-order valence-corrected chi connectivity index (χ2v) is 7.76. The Kier molecular flexibility index (Phi) is 5.16. The number of carbonyl (C=O) groups is 1. The number of pyridine rings is 1. The quantitative estimate of drug-likeness (QED) is 0.698. The van der Waals surface area contributed by atoms with Crippen molar-refractivity contribution in [3.05, 3.63) is 64.7 Å². The number of hydrogen-bond donors (Lipinski definition) is 0. The lowest BCUT2D eigenvalue weighted by molar-refractivity contribution is -0.130. The van der Waals surface area contributed by atoms with Crippen molar-refractivity contribution in [3.63, 3.8) is 0 Å². The lowest BCUT2D eigenvalue weighted by Crippen LogP contribution is -2.49. The molecule has 3 heterocycles. The van der Waals surface area contributed by atoms with Crippen LogP contribution in [0.2, 0.25) is 0 Å². The zero-order valence-electron chi connectivity index (χ0n) is 15.3. The molecule has 0 aliphatic carbocycles. The number of piperazine rings is 1. The van der Waals surface area contributed by atoms with E-state index in [2.05, 4.69) is 32.4 Å². The fourth-order valence-electron chi connectivity index (χ4n) is 3.34. The van der Waals surface area contributed by atoms with Crippen molar-refractivity contribution in [2.24, 2.45) is 0 Å². The van der Waals surface area contributed by atoms with Crippen LogP contribution in [-0.4, -0.2) is 47.0 Å². The Bertz CT molecular complexity index is 899. The molecule has 3 aromatic rings. The number of anilines is 1. The van der Waals surface area contributed by atoms with Crippen molar-refractivity contribution >= 4 is 22.9 Å². The molecule has 0 spiro atoms. The number of hydrogen-bond acceptors (Lipinski definition) is 5. The standard InChI is InChI=1S/C21H22N4OS/c1-16-23-20(15-27-16)18-4-2-17(3-5-18)14-21(26)25-12-10-24(11-13-25)19-6-8-22-9-7-19/h2-9,15H,10-14H2,1H3. The molecule has 0 radical (unpaired) electrons. The minimum absolute atomic E-state index is 0.196. The van der Waals surface area contributed by atoms with Gasteiger partial charge in [0.05, 0.1) is 17.1 Å². The second-order valence-electron chi connectivity index (χ2n) is 6.70. The van der Waals surface area contributed by atoms with Gasteiger partial charge in [0.15, 0.2) is 0 Å². The molecule has 4 rings (SSSR count). The summed E-state index contributed by atoms with van der Waals surface area (Å²) >= 11 is 1.65. The van der Waals surface area contributed by atoms with Crippen LogP contribution in [-0.2, 0) is 11.2 Å². The van der Waals surface area contributed by atoms with Gasteiger partial charge < -0.3 is 9.80 Å². The van der Waals surface area contributed by atoms with Crippen LogP contribution in [0.4, 0.5) is 5.69 Å². The van der Waals surface area contributed by atoms with Gasteiger partial charge in [-0.2, -0.15) is 0 Å². The van der Waals surface area contributed by atoms with Crippen molar-refractivity contribution in [2.45, 2.75) is 13.3 Å². The van der Waals surface area contributed by atoms with Gasteiger partial charge in [0.25, 0.3) is 0 Å². The molecule has 0 atom stereocenters. The second kappa shape index (κ2) is 7.88. The number of thiazole rings is 1. The molecule has 0 unspecified atom stereocenters. The third kappa shape index (κ3) is 4.17. The SMILES string of the molecule is Cc1nc(-c2ccc(CC(=O)N3CCN(c4ccncc4)CC3)cc2)cs1. The van der Waals surface area contributed by atoms with Crippen LogP contribution >= 0.6 is 11.3 Å². The van der Waals surface area contributed by atoms with Gasteiger partial charge in [-0.05, 0) is 24.6 Å². The van der Waals surface area contributed by atoms with Crippen LogP contribution in [0.25, 0.3) is 11.3 Å². The Morgan fingerprint density at radius 3 is 2.37 bits per heavy atom. The highest BCUT2D eigenvalue weighted by Crippen LogP contribution is 2.22. The first kappa shape index (κ1) is 17.7. The van der Waals surface area contributed by atoms with Gasteiger partial charge in [-0.25, -0.2) is 4.98 Å². The molecule has 5 nitrogen and oxygen atoms in total. The normalized spacial score (nSPS) is 14.4. The first-order valence-electron chi connectivity index (χ1n) is 9.13. The lowest BCUT2D eigenvalue weighted by Gasteiger charge is -2.36. The molecule has 6 heteroatoms.